The van der Waals surface area contributed by atoms with E-state index in [9.17, 15) is 14.4 Å². The van der Waals surface area contributed by atoms with Crippen molar-refractivity contribution in [2.24, 2.45) is 5.92 Å². The Morgan fingerprint density at radius 3 is 2.31 bits per heavy atom. The van der Waals surface area contributed by atoms with Crippen molar-refractivity contribution in [1.29, 1.82) is 0 Å². The summed E-state index contributed by atoms with van der Waals surface area (Å²) in [6.45, 7) is 1.87. The summed E-state index contributed by atoms with van der Waals surface area (Å²) >= 11 is 0. The number of nitrogens with zero attached hydrogens (tertiary/aromatic N) is 2. The minimum atomic E-state index is -0.525. The quantitative estimate of drug-likeness (QED) is 0.520. The summed E-state index contributed by atoms with van der Waals surface area (Å²) in [5.41, 5.74) is 2.25. The van der Waals surface area contributed by atoms with Gasteiger partial charge in [-0.05, 0) is 18.9 Å². The Bertz CT molecular complexity index is 1050. The van der Waals surface area contributed by atoms with E-state index in [1.165, 1.54) is 18.0 Å². The third-order valence-corrected chi connectivity index (χ3v) is 5.15. The van der Waals surface area contributed by atoms with Gasteiger partial charge in [-0.1, -0.05) is 60.7 Å². The van der Waals surface area contributed by atoms with Crippen LogP contribution in [0.2, 0.25) is 0 Å². The second-order valence-electron chi connectivity index (χ2n) is 7.74. The second-order valence-corrected chi connectivity index (χ2v) is 7.74. The van der Waals surface area contributed by atoms with Gasteiger partial charge >= 0.3 is 6.09 Å². The molecule has 7 heteroatoms. The summed E-state index contributed by atoms with van der Waals surface area (Å²) in [5, 5.41) is 3.00. The van der Waals surface area contributed by atoms with Crippen molar-refractivity contribution in [2.75, 3.05) is 7.11 Å². The number of methoxy groups -OCH3 is 1. The average Bonchev–Trinajstić information content (AvgIpc) is 3.27. The molecule has 3 rings (SSSR count). The van der Waals surface area contributed by atoms with Gasteiger partial charge in [0.25, 0.3) is 0 Å². The first-order valence-electron chi connectivity index (χ1n) is 10.5. The molecule has 0 bridgehead atoms. The molecule has 0 fully saturated rings. The lowest BCUT2D eigenvalue weighted by molar-refractivity contribution is -0.125. The molecule has 32 heavy (non-hydrogen) atoms. The Hall–Kier alpha value is -3.74. The Kier molecular flexibility index (Phi) is 7.91. The lowest BCUT2D eigenvalue weighted by atomic mass is 9.91. The van der Waals surface area contributed by atoms with Gasteiger partial charge in [0.2, 0.25) is 5.91 Å². The van der Waals surface area contributed by atoms with E-state index >= 15 is 0 Å². The lowest BCUT2D eigenvalue weighted by Crippen LogP contribution is -2.40. The Morgan fingerprint density at radius 2 is 1.66 bits per heavy atom. The Morgan fingerprint density at radius 1 is 1.00 bits per heavy atom. The van der Waals surface area contributed by atoms with Crippen LogP contribution in [-0.4, -0.2) is 40.5 Å². The van der Waals surface area contributed by atoms with Gasteiger partial charge < -0.3 is 10.1 Å². The van der Waals surface area contributed by atoms with Crippen LogP contribution < -0.4 is 5.32 Å². The average molecular weight is 434 g/mol. The van der Waals surface area contributed by atoms with Crippen LogP contribution in [-0.2, 0) is 22.4 Å². The number of carbonyl (C=O) groups excluding carboxylic acids is 3. The van der Waals surface area contributed by atoms with Gasteiger partial charge in [-0.2, -0.15) is 0 Å². The van der Waals surface area contributed by atoms with Crippen molar-refractivity contribution in [2.45, 2.75) is 32.2 Å². The first kappa shape index (κ1) is 22.9. The van der Waals surface area contributed by atoms with Crippen LogP contribution in [0, 0.1) is 5.92 Å². The summed E-state index contributed by atoms with van der Waals surface area (Å²) in [6, 6.07) is 18.5. The van der Waals surface area contributed by atoms with E-state index in [-0.39, 0.29) is 24.2 Å². The molecule has 3 aromatic rings. The molecule has 1 heterocycles. The van der Waals surface area contributed by atoms with E-state index in [4.69, 9.17) is 0 Å². The zero-order valence-electron chi connectivity index (χ0n) is 18.2. The zero-order valence-corrected chi connectivity index (χ0v) is 18.2. The minimum Gasteiger partial charge on any atom is -0.452 e. The van der Waals surface area contributed by atoms with Crippen LogP contribution in [0.5, 0.6) is 0 Å². The molecule has 0 aliphatic carbocycles. The summed E-state index contributed by atoms with van der Waals surface area (Å²) in [5.74, 6) is -0.746. The first-order valence-corrected chi connectivity index (χ1v) is 10.5. The van der Waals surface area contributed by atoms with Gasteiger partial charge in [-0.15, -0.1) is 0 Å². The highest BCUT2D eigenvalue weighted by atomic mass is 16.5. The Labute approximate surface area is 187 Å². The predicted molar refractivity (Wildman–Crippen MR) is 120 cm³/mol. The molecule has 2 atom stereocenters. The summed E-state index contributed by atoms with van der Waals surface area (Å²) in [7, 11) is 1.30. The summed E-state index contributed by atoms with van der Waals surface area (Å²) < 4.78 is 5.91. The number of benzene rings is 2. The molecule has 0 unspecified atom stereocenters. The number of ketones is 1. The number of nitrogens with one attached hydrogen (secondary N) is 1. The van der Waals surface area contributed by atoms with E-state index in [2.05, 4.69) is 15.0 Å². The Balaban J connectivity index is 1.67. The fourth-order valence-corrected chi connectivity index (χ4v) is 3.52. The molecule has 1 N–H and O–H groups in total. The lowest BCUT2D eigenvalue weighted by Gasteiger charge is -2.20. The normalized spacial score (nSPS) is 12.6. The number of hydrogen-bond donors (Lipinski definition) is 1. The molecule has 1 aromatic heterocycles. The number of hydrogen-bond acceptors (Lipinski definition) is 5. The molecule has 166 valence electrons. The highest BCUT2D eigenvalue weighted by Gasteiger charge is 2.24. The van der Waals surface area contributed by atoms with Crippen LogP contribution in [0.25, 0.3) is 0 Å². The number of aromatic nitrogens is 2. The smallest absolute Gasteiger partial charge is 0.418 e. The molecular weight excluding hydrogens is 406 g/mol. The molecular formula is C25H27N3O4. The molecule has 0 radical (unpaired) electrons. The maximum atomic E-state index is 13.1. The monoisotopic (exact) mass is 433 g/mol. The molecule has 0 saturated carbocycles. The third kappa shape index (κ3) is 6.38. The minimum absolute atomic E-state index is 0.0637. The zero-order chi connectivity index (χ0) is 22.9. The third-order valence-electron chi connectivity index (χ3n) is 5.15. The predicted octanol–water partition coefficient (Wildman–Crippen LogP) is 3.68. The van der Waals surface area contributed by atoms with Gasteiger partial charge in [-0.25, -0.2) is 14.3 Å². The fourth-order valence-electron chi connectivity index (χ4n) is 3.52. The van der Waals surface area contributed by atoms with Crippen LogP contribution in [0.15, 0.2) is 73.2 Å². The largest absolute Gasteiger partial charge is 0.452 e. The van der Waals surface area contributed by atoms with E-state index < -0.39 is 12.0 Å². The molecule has 0 saturated heterocycles. The topological polar surface area (TPSA) is 90.3 Å². The maximum absolute atomic E-state index is 13.1. The van der Waals surface area contributed by atoms with Crippen LogP contribution in [0.4, 0.5) is 4.79 Å². The van der Waals surface area contributed by atoms with Crippen molar-refractivity contribution in [1.82, 2.24) is 14.9 Å². The van der Waals surface area contributed by atoms with Crippen LogP contribution >= 0.6 is 0 Å². The van der Waals surface area contributed by atoms with Crippen molar-refractivity contribution >= 4 is 17.8 Å². The maximum Gasteiger partial charge on any atom is 0.418 e. The number of rotatable bonds is 9. The molecule has 1 amide bonds. The van der Waals surface area contributed by atoms with E-state index in [1.807, 2.05) is 55.5 Å². The number of amides is 1. The second kappa shape index (κ2) is 11.0. The van der Waals surface area contributed by atoms with Crippen molar-refractivity contribution in [3.05, 3.63) is 90.0 Å². The van der Waals surface area contributed by atoms with Crippen molar-refractivity contribution in [3.63, 3.8) is 0 Å². The molecule has 0 aliphatic rings. The van der Waals surface area contributed by atoms with E-state index in [1.54, 1.807) is 18.3 Å². The van der Waals surface area contributed by atoms with Gasteiger partial charge in [0.15, 0.2) is 5.78 Å². The van der Waals surface area contributed by atoms with Crippen molar-refractivity contribution in [3.8, 4) is 0 Å². The number of carbonyl (C=O) groups is 3. The SMILES string of the molecule is COC(=O)n1cnc(C[C@@H](C)NC(=O)[C@@H](CC(=O)c2ccccc2)Cc2ccccc2)c1. The standard InChI is InChI=1S/C25H27N3O4/c1-18(13-22-16-28(17-26-22)25(31)32-2)27-24(30)21(14-19-9-5-3-6-10-19)15-23(29)20-11-7-4-8-12-20/h3-12,16-18,21H,13-15H2,1-2H3,(H,27,30)/t18-,21-/m1/s1. The summed E-state index contributed by atoms with van der Waals surface area (Å²) in [6.07, 6.45) is 3.47. The number of imidazole rings is 1. The van der Waals surface area contributed by atoms with Crippen LogP contribution in [0.3, 0.4) is 0 Å². The number of ether oxygens (including phenoxy) is 1. The highest BCUT2D eigenvalue weighted by Crippen LogP contribution is 2.17. The fraction of sp³-hybridized carbons (Fsp3) is 0.280. The molecule has 0 spiro atoms. The van der Waals surface area contributed by atoms with Crippen molar-refractivity contribution < 1.29 is 19.1 Å². The molecule has 7 nitrogen and oxygen atoms in total. The molecule has 0 aliphatic heterocycles. The summed E-state index contributed by atoms with van der Waals surface area (Å²) in [4.78, 5) is 41.7. The van der Waals surface area contributed by atoms with E-state index in [0.717, 1.165) is 5.56 Å². The highest BCUT2D eigenvalue weighted by molar-refractivity contribution is 5.98. The van der Waals surface area contributed by atoms with Crippen LogP contribution in [0.1, 0.15) is 35.0 Å². The van der Waals surface area contributed by atoms with E-state index in [0.29, 0.717) is 24.1 Å². The molecule has 2 aromatic carbocycles. The first-order chi connectivity index (χ1) is 15.5. The van der Waals surface area contributed by atoms with Gasteiger partial charge in [0.1, 0.15) is 6.33 Å². The number of Topliss-reactive ketones (excluding diaryl/α,β-unsaturated/α-hetero) is 1. The van der Waals surface area contributed by atoms with Gasteiger partial charge in [0, 0.05) is 36.6 Å². The van der Waals surface area contributed by atoms with Gasteiger partial charge in [-0.3, -0.25) is 9.59 Å². The van der Waals surface area contributed by atoms with Gasteiger partial charge in [0.05, 0.1) is 12.8 Å².